The molecule has 8 rings (SSSR count). The fraction of sp³-hybridized carbons (Fsp3) is 0.0444. The van der Waals surface area contributed by atoms with Crippen LogP contribution in [-0.2, 0) is 0 Å². The van der Waals surface area contributed by atoms with E-state index in [0.29, 0.717) is 5.69 Å². The minimum Gasteiger partial charge on any atom is -0.507 e. The molecule has 0 aliphatic carbocycles. The summed E-state index contributed by atoms with van der Waals surface area (Å²) in [6.07, 6.45) is 0.804. The van der Waals surface area contributed by atoms with Crippen LogP contribution in [0, 0.1) is 10.2 Å². The first-order chi connectivity index (χ1) is 27.0. The van der Waals surface area contributed by atoms with Gasteiger partial charge in [0.2, 0.25) is 17.1 Å². The van der Waals surface area contributed by atoms with E-state index in [1.54, 1.807) is 6.07 Å². The van der Waals surface area contributed by atoms with E-state index in [-0.39, 0.29) is 17.4 Å². The number of hydrazone groups is 1. The second-order valence-electron chi connectivity index (χ2n) is 12.9. The molecule has 1 unspecified atom stereocenters. The molecular formula is C45H34ClN3O7. The normalized spacial score (nSPS) is 13.8. The maximum absolute atomic E-state index is 11.8. The summed E-state index contributed by atoms with van der Waals surface area (Å²) in [6, 6.07) is 58.7. The number of carbonyl (C=O) groups is 1. The molecule has 0 radical (unpaired) electrons. The Labute approximate surface area is 325 Å². The third kappa shape index (κ3) is 8.66. The lowest BCUT2D eigenvalue weighted by Gasteiger charge is -2.24. The summed E-state index contributed by atoms with van der Waals surface area (Å²) in [7, 11) is -4.94. The predicted molar refractivity (Wildman–Crippen MR) is 202 cm³/mol. The van der Waals surface area contributed by atoms with Gasteiger partial charge in [-0.25, -0.2) is 23.4 Å². The van der Waals surface area contributed by atoms with Gasteiger partial charge < -0.3 is 10.2 Å². The fourth-order valence-corrected chi connectivity index (χ4v) is 6.82. The topological polar surface area (TPSA) is 169 Å². The summed E-state index contributed by atoms with van der Waals surface area (Å²) in [4.78, 5) is 11.8. The van der Waals surface area contributed by atoms with Gasteiger partial charge in [-0.05, 0) is 64.7 Å². The third-order valence-electron chi connectivity index (χ3n) is 9.34. The number of aromatic nitrogens is 1. The molecule has 0 amide bonds. The monoisotopic (exact) mass is 763 g/mol. The van der Waals surface area contributed by atoms with Crippen LogP contribution in [0.15, 0.2) is 181 Å². The number of carboxylic acid groups (broad SMARTS) is 1. The van der Waals surface area contributed by atoms with Gasteiger partial charge in [0.25, 0.3) is 0 Å². The Hall–Kier alpha value is -6.66. The molecule has 2 N–H and O–H groups in total. The van der Waals surface area contributed by atoms with Gasteiger partial charge in [-0.15, -0.1) is 10.2 Å². The predicted octanol–water partition coefficient (Wildman–Crippen LogP) is 4.97. The third-order valence-corrected chi connectivity index (χ3v) is 9.34. The Balaban J connectivity index is 0.000000905. The van der Waals surface area contributed by atoms with E-state index < -0.39 is 16.2 Å². The number of halogens is 1. The van der Waals surface area contributed by atoms with Crippen molar-refractivity contribution >= 4 is 17.4 Å². The highest BCUT2D eigenvalue weighted by Crippen LogP contribution is 2.38. The van der Waals surface area contributed by atoms with Crippen LogP contribution in [0.1, 0.15) is 33.9 Å². The van der Waals surface area contributed by atoms with Gasteiger partial charge in [-0.2, -0.15) is 9.67 Å². The lowest BCUT2D eigenvalue weighted by Crippen LogP contribution is -2.68. The molecule has 11 heteroatoms. The number of aromatic hydroxyl groups is 1. The second kappa shape index (κ2) is 16.4. The molecule has 0 spiro atoms. The molecule has 0 saturated carbocycles. The van der Waals surface area contributed by atoms with Crippen LogP contribution in [0.5, 0.6) is 5.75 Å². The number of nitrogens with zero attached hydrogens (tertiary/aromatic N) is 3. The summed E-state index contributed by atoms with van der Waals surface area (Å²) < 4.78 is 36.0. The van der Waals surface area contributed by atoms with E-state index in [1.165, 1.54) is 17.7 Å². The summed E-state index contributed by atoms with van der Waals surface area (Å²) >= 11 is 0. The van der Waals surface area contributed by atoms with Gasteiger partial charge in [0.05, 0.1) is 23.5 Å². The van der Waals surface area contributed by atoms with Gasteiger partial charge in [0.1, 0.15) is 11.3 Å². The van der Waals surface area contributed by atoms with Crippen LogP contribution < -0.4 is 28.2 Å². The first kappa shape index (κ1) is 37.6. The number of hydrogen-bond donors (Lipinski definition) is 2. The Kier molecular flexibility index (Phi) is 11.0. The minimum atomic E-state index is -4.94. The molecule has 56 heavy (non-hydrogen) atoms. The van der Waals surface area contributed by atoms with E-state index in [0.717, 1.165) is 57.0 Å². The standard InChI is InChI=1S/C45H33N3O3.ClHO4/c49-44-29-38(25-26-39(44)45(50)51)47-41(33-15-7-2-8-16-33)27-36(28-42(47)34-17-9-3-10-18-34)31-21-23-37(24-22-31)48-43(35-19-11-4-12-20-35)30-40(46-48)32-13-5-1-6-14-32;2-1(3,4)5/h1-29,43H,30H2,(H-,49,50,51);(H,2,3,4,5). The number of rotatable bonds is 8. The highest BCUT2D eigenvalue weighted by atomic mass is 35.7. The number of aromatic carboxylic acids is 1. The van der Waals surface area contributed by atoms with Crippen molar-refractivity contribution in [2.45, 2.75) is 12.5 Å². The van der Waals surface area contributed by atoms with Crippen molar-refractivity contribution in [3.8, 4) is 45.1 Å². The van der Waals surface area contributed by atoms with Crippen LogP contribution in [0.25, 0.3) is 39.3 Å². The highest BCUT2D eigenvalue weighted by molar-refractivity contribution is 6.03. The van der Waals surface area contributed by atoms with Crippen molar-refractivity contribution in [3.63, 3.8) is 0 Å². The Morgan fingerprint density at radius 3 is 1.57 bits per heavy atom. The first-order valence-electron chi connectivity index (χ1n) is 17.5. The molecule has 0 fully saturated rings. The van der Waals surface area contributed by atoms with Crippen molar-refractivity contribution in [2.24, 2.45) is 5.10 Å². The van der Waals surface area contributed by atoms with Gasteiger partial charge in [-0.1, -0.05) is 109 Å². The van der Waals surface area contributed by atoms with E-state index in [4.69, 9.17) is 23.7 Å². The first-order valence-corrected chi connectivity index (χ1v) is 18.7. The molecule has 0 saturated heterocycles. The molecule has 0 bridgehead atoms. The Morgan fingerprint density at radius 2 is 1.09 bits per heavy atom. The largest absolute Gasteiger partial charge is 0.507 e. The quantitative estimate of drug-likeness (QED) is 0.205. The van der Waals surface area contributed by atoms with Crippen LogP contribution in [0.3, 0.4) is 0 Å². The maximum Gasteiger partial charge on any atom is 0.339 e. The number of phenols is 1. The van der Waals surface area contributed by atoms with E-state index in [9.17, 15) is 15.0 Å². The average molecular weight is 764 g/mol. The van der Waals surface area contributed by atoms with Gasteiger partial charge in [-0.3, -0.25) is 5.01 Å². The lowest BCUT2D eigenvalue weighted by atomic mass is 9.97. The van der Waals surface area contributed by atoms with Crippen molar-refractivity contribution in [2.75, 3.05) is 5.01 Å². The van der Waals surface area contributed by atoms with E-state index in [2.05, 4.69) is 119 Å². The second-order valence-corrected chi connectivity index (χ2v) is 13.7. The zero-order valence-corrected chi connectivity index (χ0v) is 30.4. The Bertz CT molecular complexity index is 2410. The molecule has 6 aromatic carbocycles. The summed E-state index contributed by atoms with van der Waals surface area (Å²) in [5.41, 5.74) is 10.7. The molecule has 10 nitrogen and oxygen atoms in total. The molecular weight excluding hydrogens is 730 g/mol. The minimum absolute atomic E-state index is 0.0706. The molecule has 2 heterocycles. The van der Waals surface area contributed by atoms with Crippen molar-refractivity contribution in [1.29, 1.82) is 0 Å². The summed E-state index contributed by atoms with van der Waals surface area (Å²) in [5.74, 6) is -1.47. The number of pyridine rings is 1. The van der Waals surface area contributed by atoms with Crippen molar-refractivity contribution in [1.82, 2.24) is 0 Å². The number of hydrogen-bond acceptors (Lipinski definition) is 8. The van der Waals surface area contributed by atoms with Crippen LogP contribution in [0.2, 0.25) is 0 Å². The molecule has 278 valence electrons. The maximum atomic E-state index is 11.8. The van der Waals surface area contributed by atoms with Gasteiger partial charge in [0.15, 0.2) is 0 Å². The molecule has 7 aromatic rings. The Morgan fingerprint density at radius 1 is 0.607 bits per heavy atom. The van der Waals surface area contributed by atoms with E-state index in [1.807, 2.05) is 48.5 Å². The lowest BCUT2D eigenvalue weighted by molar-refractivity contribution is -2.00. The van der Waals surface area contributed by atoms with Crippen LogP contribution in [-0.4, -0.2) is 21.9 Å². The smallest absolute Gasteiger partial charge is 0.339 e. The number of benzene rings is 6. The number of anilines is 1. The van der Waals surface area contributed by atoms with E-state index >= 15 is 0 Å². The van der Waals surface area contributed by atoms with Crippen LogP contribution in [0.4, 0.5) is 5.69 Å². The number of carboxylic acids is 1. The van der Waals surface area contributed by atoms with Gasteiger partial charge in [0, 0.05) is 35.7 Å². The van der Waals surface area contributed by atoms with Crippen molar-refractivity contribution in [3.05, 3.63) is 193 Å². The molecule has 1 aromatic heterocycles. The molecule has 1 aliphatic rings. The van der Waals surface area contributed by atoms with Crippen LogP contribution >= 0.6 is 0 Å². The zero-order chi connectivity index (χ0) is 39.2. The SMILES string of the molecule is O=C(O)c1ccc(-[n+]2c(-c3ccccc3)cc(-c3ccc(N4N=C(c5ccccc5)CC4c4ccccc4)cc3)cc2-c2ccccc2)cc1O.[O-][Cl+3]([O-])([O-])[O-]. The summed E-state index contributed by atoms with van der Waals surface area (Å²) in [6.45, 7) is 0. The average Bonchev–Trinajstić information content (AvgIpc) is 3.67. The molecule has 1 aliphatic heterocycles. The van der Waals surface area contributed by atoms with Gasteiger partial charge >= 0.3 is 5.97 Å². The molecule has 1 atom stereocenters. The highest BCUT2D eigenvalue weighted by Gasteiger charge is 2.30. The summed E-state index contributed by atoms with van der Waals surface area (Å²) in [5, 5.41) is 27.7. The zero-order valence-electron chi connectivity index (χ0n) is 29.7. The van der Waals surface area contributed by atoms with Crippen molar-refractivity contribution < 1.29 is 48.5 Å². The fourth-order valence-electron chi connectivity index (χ4n) is 6.82.